The van der Waals surface area contributed by atoms with Crippen LogP contribution < -0.4 is 0 Å². The predicted molar refractivity (Wildman–Crippen MR) is 92.1 cm³/mol. The summed E-state index contributed by atoms with van der Waals surface area (Å²) in [7, 11) is -4.02. The van der Waals surface area contributed by atoms with Crippen LogP contribution in [0.3, 0.4) is 0 Å². The van der Waals surface area contributed by atoms with Crippen LogP contribution in [0.25, 0.3) is 11.0 Å². The Morgan fingerprint density at radius 2 is 1.88 bits per heavy atom. The number of aliphatic hydroxyl groups is 1. The van der Waals surface area contributed by atoms with Gasteiger partial charge in [0.05, 0.1) is 16.4 Å². The third-order valence-corrected chi connectivity index (χ3v) is 5.04. The largest absolute Gasteiger partial charge is 0.458 e. The van der Waals surface area contributed by atoms with E-state index in [0.29, 0.717) is 11.0 Å². The highest BCUT2D eigenvalue weighted by Crippen LogP contribution is 2.28. The molecule has 8 nitrogen and oxygen atoms in total. The van der Waals surface area contributed by atoms with E-state index in [4.69, 9.17) is 8.60 Å². The van der Waals surface area contributed by atoms with Gasteiger partial charge in [0.25, 0.3) is 15.8 Å². The fourth-order valence-electron chi connectivity index (χ4n) is 2.34. The molecule has 0 radical (unpaired) electrons. The van der Waals surface area contributed by atoms with Crippen LogP contribution in [0.4, 0.5) is 5.69 Å². The predicted octanol–water partition coefficient (Wildman–Crippen LogP) is 3.09. The monoisotopic (exact) mass is 377 g/mol. The van der Waals surface area contributed by atoms with E-state index in [1.54, 1.807) is 12.1 Å². The summed E-state index contributed by atoms with van der Waals surface area (Å²) < 4.78 is 34.6. The van der Waals surface area contributed by atoms with Crippen molar-refractivity contribution in [2.45, 2.75) is 17.9 Å². The van der Waals surface area contributed by atoms with Crippen LogP contribution in [-0.4, -0.2) is 25.1 Å². The molecule has 0 aliphatic carbocycles. The lowest BCUT2D eigenvalue weighted by Crippen LogP contribution is -2.13. The van der Waals surface area contributed by atoms with Crippen molar-refractivity contribution in [1.29, 1.82) is 0 Å². The number of benzene rings is 2. The molecule has 1 atom stereocenters. The molecule has 0 saturated heterocycles. The average molecular weight is 377 g/mol. The van der Waals surface area contributed by atoms with E-state index in [2.05, 4.69) is 0 Å². The van der Waals surface area contributed by atoms with Crippen molar-refractivity contribution >= 4 is 26.8 Å². The standard InChI is InChI=1S/C17H15NO7S/c1-11-2-5-14(6-3-11)26(22,23)24-10-15(19)17-9-12-8-13(18(20)21)4-7-16(12)25-17/h2-9,15,19H,10H2,1H3/t15-/m0/s1. The van der Waals surface area contributed by atoms with E-state index in [0.717, 1.165) is 5.56 Å². The van der Waals surface area contributed by atoms with Crippen molar-refractivity contribution < 1.29 is 27.0 Å². The second-order valence-electron chi connectivity index (χ2n) is 5.70. The van der Waals surface area contributed by atoms with Crippen molar-refractivity contribution in [2.24, 2.45) is 0 Å². The lowest BCUT2D eigenvalue weighted by atomic mass is 10.2. The first-order valence-corrected chi connectivity index (χ1v) is 8.99. The number of hydrogen-bond donors (Lipinski definition) is 1. The van der Waals surface area contributed by atoms with Gasteiger partial charge in [-0.2, -0.15) is 8.42 Å². The van der Waals surface area contributed by atoms with Gasteiger partial charge in [-0.25, -0.2) is 0 Å². The fraction of sp³-hybridized carbons (Fsp3) is 0.176. The quantitative estimate of drug-likeness (QED) is 0.398. The number of hydrogen-bond acceptors (Lipinski definition) is 7. The fourth-order valence-corrected chi connectivity index (χ4v) is 3.25. The molecule has 26 heavy (non-hydrogen) atoms. The molecular weight excluding hydrogens is 362 g/mol. The molecule has 1 aromatic heterocycles. The van der Waals surface area contributed by atoms with Gasteiger partial charge in [0, 0.05) is 17.5 Å². The second kappa shape index (κ2) is 6.87. The molecule has 0 bridgehead atoms. The summed E-state index contributed by atoms with van der Waals surface area (Å²) in [5, 5.41) is 21.4. The third kappa shape index (κ3) is 3.74. The Morgan fingerprint density at radius 3 is 2.54 bits per heavy atom. The minimum Gasteiger partial charge on any atom is -0.458 e. The number of aryl methyl sites for hydroxylation is 1. The van der Waals surface area contributed by atoms with Gasteiger partial charge < -0.3 is 9.52 Å². The van der Waals surface area contributed by atoms with Gasteiger partial charge >= 0.3 is 0 Å². The third-order valence-electron chi connectivity index (χ3n) is 3.75. The molecule has 1 heterocycles. The zero-order valence-electron chi connectivity index (χ0n) is 13.7. The smallest absolute Gasteiger partial charge is 0.297 e. The number of fused-ring (bicyclic) bond motifs is 1. The van der Waals surface area contributed by atoms with Crippen LogP contribution in [0.2, 0.25) is 0 Å². The molecule has 0 amide bonds. The first kappa shape index (κ1) is 18.1. The minimum absolute atomic E-state index is 0.0180. The highest BCUT2D eigenvalue weighted by molar-refractivity contribution is 7.86. The Morgan fingerprint density at radius 1 is 1.19 bits per heavy atom. The molecule has 3 rings (SSSR count). The van der Waals surface area contributed by atoms with Gasteiger partial charge in [0.2, 0.25) is 0 Å². The van der Waals surface area contributed by atoms with Crippen molar-refractivity contribution in [3.8, 4) is 0 Å². The van der Waals surface area contributed by atoms with Gasteiger partial charge in [0.1, 0.15) is 17.4 Å². The number of aliphatic hydroxyl groups excluding tert-OH is 1. The zero-order chi connectivity index (χ0) is 18.9. The summed E-state index contributed by atoms with van der Waals surface area (Å²) in [6.45, 7) is 1.28. The molecular formula is C17H15NO7S. The topological polar surface area (TPSA) is 120 Å². The van der Waals surface area contributed by atoms with E-state index >= 15 is 0 Å². The first-order chi connectivity index (χ1) is 12.3. The van der Waals surface area contributed by atoms with Crippen LogP contribution in [0.5, 0.6) is 0 Å². The zero-order valence-corrected chi connectivity index (χ0v) is 14.5. The van der Waals surface area contributed by atoms with Crippen LogP contribution >= 0.6 is 0 Å². The Balaban J connectivity index is 1.75. The molecule has 0 aliphatic heterocycles. The Kier molecular flexibility index (Phi) is 4.77. The summed E-state index contributed by atoms with van der Waals surface area (Å²) in [4.78, 5) is 10.2. The molecule has 0 unspecified atom stereocenters. The van der Waals surface area contributed by atoms with E-state index in [-0.39, 0.29) is 16.3 Å². The highest BCUT2D eigenvalue weighted by atomic mass is 32.2. The molecule has 0 spiro atoms. The normalized spacial score (nSPS) is 13.0. The van der Waals surface area contributed by atoms with Crippen molar-refractivity contribution in [2.75, 3.05) is 6.61 Å². The number of rotatable bonds is 6. The van der Waals surface area contributed by atoms with Crippen LogP contribution in [-0.2, 0) is 14.3 Å². The Bertz CT molecular complexity index is 1050. The second-order valence-corrected chi connectivity index (χ2v) is 7.31. The van der Waals surface area contributed by atoms with Gasteiger partial charge in [0.15, 0.2) is 0 Å². The number of nitro groups is 1. The molecule has 136 valence electrons. The molecule has 3 aromatic rings. The summed E-state index contributed by atoms with van der Waals surface area (Å²) in [5.74, 6) is 0.0552. The van der Waals surface area contributed by atoms with Crippen LogP contribution in [0, 0.1) is 17.0 Å². The minimum atomic E-state index is -4.02. The molecule has 0 saturated carbocycles. The number of nitro benzene ring substituents is 1. The van der Waals surface area contributed by atoms with Crippen molar-refractivity contribution in [1.82, 2.24) is 0 Å². The Labute approximate surface area is 148 Å². The molecule has 1 N–H and O–H groups in total. The van der Waals surface area contributed by atoms with Crippen molar-refractivity contribution in [3.63, 3.8) is 0 Å². The van der Waals surface area contributed by atoms with E-state index in [9.17, 15) is 23.6 Å². The number of nitrogens with zero attached hydrogens (tertiary/aromatic N) is 1. The van der Waals surface area contributed by atoms with Crippen molar-refractivity contribution in [3.05, 3.63) is 70.0 Å². The van der Waals surface area contributed by atoms with Crippen LogP contribution in [0.15, 0.2) is 57.8 Å². The maximum absolute atomic E-state index is 12.1. The maximum Gasteiger partial charge on any atom is 0.297 e. The lowest BCUT2D eigenvalue weighted by molar-refractivity contribution is -0.384. The highest BCUT2D eigenvalue weighted by Gasteiger charge is 2.21. The number of furan rings is 1. The Hall–Kier alpha value is -2.75. The first-order valence-electron chi connectivity index (χ1n) is 7.58. The summed E-state index contributed by atoms with van der Waals surface area (Å²) >= 11 is 0. The van der Waals surface area contributed by atoms with Gasteiger partial charge in [-0.05, 0) is 31.2 Å². The van der Waals surface area contributed by atoms with E-state index in [1.807, 2.05) is 6.92 Å². The molecule has 9 heteroatoms. The van der Waals surface area contributed by atoms with Crippen LogP contribution in [0.1, 0.15) is 17.4 Å². The van der Waals surface area contributed by atoms with E-state index < -0.39 is 27.8 Å². The molecule has 0 aliphatic rings. The van der Waals surface area contributed by atoms with Gasteiger partial charge in [-0.3, -0.25) is 14.3 Å². The lowest BCUT2D eigenvalue weighted by Gasteiger charge is -2.09. The summed E-state index contributed by atoms with van der Waals surface area (Å²) in [6.07, 6.45) is -1.35. The average Bonchev–Trinajstić information content (AvgIpc) is 3.03. The van der Waals surface area contributed by atoms with E-state index in [1.165, 1.54) is 36.4 Å². The van der Waals surface area contributed by atoms with Gasteiger partial charge in [-0.15, -0.1) is 0 Å². The molecule has 2 aromatic carbocycles. The number of non-ortho nitro benzene ring substituents is 1. The van der Waals surface area contributed by atoms with Gasteiger partial charge in [-0.1, -0.05) is 17.7 Å². The maximum atomic E-state index is 12.1. The molecule has 0 fully saturated rings. The SMILES string of the molecule is Cc1ccc(S(=O)(=O)OC[C@H](O)c2cc3cc([N+](=O)[O-])ccc3o2)cc1. The summed E-state index contributed by atoms with van der Waals surface area (Å²) in [6, 6.07) is 11.5. The summed E-state index contributed by atoms with van der Waals surface area (Å²) in [5.41, 5.74) is 1.13.